The maximum Gasteiger partial charge on any atom is 0.335 e. The molecule has 0 aliphatic rings. The highest BCUT2D eigenvalue weighted by Gasteiger charge is 2.16. The molecule has 0 radical (unpaired) electrons. The quantitative estimate of drug-likeness (QED) is 0.484. The fourth-order valence-corrected chi connectivity index (χ4v) is 2.63. The number of carbonyl (C=O) groups is 3. The van der Waals surface area contributed by atoms with Gasteiger partial charge in [0.05, 0.1) is 11.8 Å². The molecule has 0 aliphatic carbocycles. The Bertz CT molecular complexity index is 1060. The average molecular weight is 455 g/mol. The van der Waals surface area contributed by atoms with Crippen LogP contribution in [-0.2, 0) is 4.79 Å². The maximum atomic E-state index is 12.7. The lowest BCUT2D eigenvalue weighted by atomic mass is 10.2. The minimum absolute atomic E-state index is 0.0322. The zero-order chi connectivity index (χ0) is 20.8. The van der Waals surface area contributed by atoms with Crippen LogP contribution in [0.2, 0.25) is 0 Å². The van der Waals surface area contributed by atoms with E-state index in [0.717, 1.165) is 4.47 Å². The molecule has 2 aromatic carbocycles. The summed E-state index contributed by atoms with van der Waals surface area (Å²) in [5.74, 6) is -1.74. The zero-order valence-electron chi connectivity index (χ0n) is 14.9. The summed E-state index contributed by atoms with van der Waals surface area (Å²) in [7, 11) is 0. The SMILES string of the molecule is O=C(Nc1ccc(C(=O)O)cc1)/C(=C\c1ccco1)NC(=O)c1ccc(Br)cc1. The van der Waals surface area contributed by atoms with E-state index in [1.54, 1.807) is 36.4 Å². The number of anilines is 1. The summed E-state index contributed by atoms with van der Waals surface area (Å²) in [5.41, 5.74) is 0.813. The van der Waals surface area contributed by atoms with Crippen LogP contribution in [0, 0.1) is 0 Å². The molecule has 146 valence electrons. The van der Waals surface area contributed by atoms with E-state index in [1.807, 2.05) is 0 Å². The van der Waals surface area contributed by atoms with E-state index in [9.17, 15) is 14.4 Å². The molecule has 3 rings (SSSR count). The number of amides is 2. The van der Waals surface area contributed by atoms with Gasteiger partial charge in [-0.1, -0.05) is 15.9 Å². The van der Waals surface area contributed by atoms with Crippen molar-refractivity contribution >= 4 is 45.5 Å². The van der Waals surface area contributed by atoms with Crippen molar-refractivity contribution in [3.63, 3.8) is 0 Å². The van der Waals surface area contributed by atoms with Gasteiger partial charge in [-0.15, -0.1) is 0 Å². The molecule has 0 fully saturated rings. The number of benzene rings is 2. The van der Waals surface area contributed by atoms with Crippen LogP contribution < -0.4 is 10.6 Å². The largest absolute Gasteiger partial charge is 0.478 e. The lowest BCUT2D eigenvalue weighted by Crippen LogP contribution is -2.30. The Hall–Kier alpha value is -3.65. The third-order valence-corrected chi connectivity index (χ3v) is 4.35. The molecule has 0 aliphatic heterocycles. The highest BCUT2D eigenvalue weighted by molar-refractivity contribution is 9.10. The molecular weight excluding hydrogens is 440 g/mol. The molecule has 0 spiro atoms. The Morgan fingerprint density at radius 1 is 0.931 bits per heavy atom. The second-order valence-corrected chi connectivity index (χ2v) is 6.79. The molecular formula is C21H15BrN2O5. The molecule has 0 unspecified atom stereocenters. The van der Waals surface area contributed by atoms with Crippen molar-refractivity contribution < 1.29 is 23.9 Å². The molecule has 7 nitrogen and oxygen atoms in total. The number of carboxylic acids is 1. The first kappa shape index (κ1) is 20.1. The predicted octanol–water partition coefficient (Wildman–Crippen LogP) is 4.15. The van der Waals surface area contributed by atoms with Gasteiger partial charge in [0.25, 0.3) is 11.8 Å². The van der Waals surface area contributed by atoms with Crippen LogP contribution in [0.1, 0.15) is 26.5 Å². The summed E-state index contributed by atoms with van der Waals surface area (Å²) in [5, 5.41) is 14.2. The number of nitrogens with one attached hydrogen (secondary N) is 2. The number of hydrogen-bond donors (Lipinski definition) is 3. The molecule has 3 aromatic rings. The molecule has 1 heterocycles. The Labute approximate surface area is 174 Å². The normalized spacial score (nSPS) is 11.0. The number of carboxylic acid groups (broad SMARTS) is 1. The molecule has 0 saturated carbocycles. The van der Waals surface area contributed by atoms with Crippen LogP contribution in [0.15, 0.2) is 81.5 Å². The van der Waals surface area contributed by atoms with Crippen molar-refractivity contribution in [3.8, 4) is 0 Å². The van der Waals surface area contributed by atoms with E-state index < -0.39 is 17.8 Å². The van der Waals surface area contributed by atoms with E-state index >= 15 is 0 Å². The van der Waals surface area contributed by atoms with Gasteiger partial charge in [-0.25, -0.2) is 4.79 Å². The molecule has 0 atom stereocenters. The number of halogens is 1. The van der Waals surface area contributed by atoms with Gasteiger partial charge in [0.2, 0.25) is 0 Å². The molecule has 29 heavy (non-hydrogen) atoms. The molecule has 3 N–H and O–H groups in total. The van der Waals surface area contributed by atoms with E-state index in [-0.39, 0.29) is 11.3 Å². The van der Waals surface area contributed by atoms with Gasteiger partial charge in [0.1, 0.15) is 11.5 Å². The Kier molecular flexibility index (Phi) is 6.25. The number of aromatic carboxylic acids is 1. The van der Waals surface area contributed by atoms with Crippen molar-refractivity contribution in [2.24, 2.45) is 0 Å². The van der Waals surface area contributed by atoms with Crippen molar-refractivity contribution in [2.45, 2.75) is 0 Å². The monoisotopic (exact) mass is 454 g/mol. The zero-order valence-corrected chi connectivity index (χ0v) is 16.5. The van der Waals surface area contributed by atoms with Gasteiger partial charge >= 0.3 is 5.97 Å². The van der Waals surface area contributed by atoms with Crippen LogP contribution in [0.25, 0.3) is 6.08 Å². The van der Waals surface area contributed by atoms with Crippen LogP contribution in [0.5, 0.6) is 0 Å². The third-order valence-electron chi connectivity index (χ3n) is 3.82. The second kappa shape index (κ2) is 9.03. The minimum Gasteiger partial charge on any atom is -0.478 e. The Morgan fingerprint density at radius 3 is 2.17 bits per heavy atom. The first-order valence-corrected chi connectivity index (χ1v) is 9.18. The lowest BCUT2D eigenvalue weighted by molar-refractivity contribution is -0.113. The summed E-state index contributed by atoms with van der Waals surface area (Å²) in [6, 6.07) is 15.6. The van der Waals surface area contributed by atoms with Crippen LogP contribution >= 0.6 is 15.9 Å². The summed E-state index contributed by atoms with van der Waals surface area (Å²) in [6.45, 7) is 0. The minimum atomic E-state index is -1.07. The lowest BCUT2D eigenvalue weighted by Gasteiger charge is -2.11. The van der Waals surface area contributed by atoms with Gasteiger partial charge in [-0.05, 0) is 60.7 Å². The number of carbonyl (C=O) groups excluding carboxylic acids is 2. The molecule has 1 aromatic heterocycles. The van der Waals surface area contributed by atoms with Crippen LogP contribution in [-0.4, -0.2) is 22.9 Å². The van der Waals surface area contributed by atoms with Crippen molar-refractivity contribution in [3.05, 3.63) is 94.0 Å². The van der Waals surface area contributed by atoms with Gasteiger partial charge in [-0.2, -0.15) is 0 Å². The van der Waals surface area contributed by atoms with E-state index in [1.165, 1.54) is 36.6 Å². The van der Waals surface area contributed by atoms with Crippen molar-refractivity contribution in [1.82, 2.24) is 5.32 Å². The molecule has 8 heteroatoms. The van der Waals surface area contributed by atoms with Crippen molar-refractivity contribution in [2.75, 3.05) is 5.32 Å². The first-order valence-electron chi connectivity index (χ1n) is 8.39. The molecule has 0 bridgehead atoms. The highest BCUT2D eigenvalue weighted by Crippen LogP contribution is 2.14. The van der Waals surface area contributed by atoms with E-state index in [4.69, 9.17) is 9.52 Å². The summed E-state index contributed by atoms with van der Waals surface area (Å²) >= 11 is 3.30. The molecule has 0 saturated heterocycles. The van der Waals surface area contributed by atoms with Crippen LogP contribution in [0.4, 0.5) is 5.69 Å². The molecule has 2 amide bonds. The first-order chi connectivity index (χ1) is 13.9. The van der Waals surface area contributed by atoms with E-state index in [2.05, 4.69) is 26.6 Å². The fraction of sp³-hybridized carbons (Fsp3) is 0. The second-order valence-electron chi connectivity index (χ2n) is 5.87. The van der Waals surface area contributed by atoms with Crippen LogP contribution in [0.3, 0.4) is 0 Å². The van der Waals surface area contributed by atoms with Gasteiger partial charge < -0.3 is 20.2 Å². The Morgan fingerprint density at radius 2 is 1.59 bits per heavy atom. The summed E-state index contributed by atoms with van der Waals surface area (Å²) in [4.78, 5) is 36.2. The highest BCUT2D eigenvalue weighted by atomic mass is 79.9. The predicted molar refractivity (Wildman–Crippen MR) is 110 cm³/mol. The summed E-state index contributed by atoms with van der Waals surface area (Å²) in [6.07, 6.45) is 2.85. The smallest absolute Gasteiger partial charge is 0.335 e. The average Bonchev–Trinajstić information content (AvgIpc) is 3.21. The standard InChI is InChI=1S/C21H15BrN2O5/c22-15-7-3-13(4-8-15)19(25)24-18(12-17-2-1-11-29-17)20(26)23-16-9-5-14(6-10-16)21(27)28/h1-12H,(H,23,26)(H,24,25)(H,27,28)/b18-12+. The van der Waals surface area contributed by atoms with Crippen molar-refractivity contribution in [1.29, 1.82) is 0 Å². The third kappa shape index (κ3) is 5.43. The van der Waals surface area contributed by atoms with E-state index in [0.29, 0.717) is 17.0 Å². The topological polar surface area (TPSA) is 109 Å². The number of rotatable bonds is 6. The fourth-order valence-electron chi connectivity index (χ4n) is 2.36. The van der Waals surface area contributed by atoms with Gasteiger partial charge in [0.15, 0.2) is 0 Å². The van der Waals surface area contributed by atoms with Gasteiger partial charge in [-0.3, -0.25) is 9.59 Å². The van der Waals surface area contributed by atoms with Gasteiger partial charge in [0, 0.05) is 21.8 Å². The number of hydrogen-bond acceptors (Lipinski definition) is 4. The summed E-state index contributed by atoms with van der Waals surface area (Å²) < 4.78 is 6.05. The maximum absolute atomic E-state index is 12.7. The number of furan rings is 1. The Balaban J connectivity index is 1.81.